The highest BCUT2D eigenvalue weighted by molar-refractivity contribution is 8.26. The molecule has 0 saturated heterocycles. The van der Waals surface area contributed by atoms with Crippen molar-refractivity contribution >= 4 is 55.6 Å². The van der Waals surface area contributed by atoms with Crippen LogP contribution in [0.3, 0.4) is 0 Å². The summed E-state index contributed by atoms with van der Waals surface area (Å²) >= 11 is 7.31. The lowest BCUT2D eigenvalue weighted by molar-refractivity contribution is -2.00. The Bertz CT molecular complexity index is 670. The molecule has 0 spiro atoms. The minimum atomic E-state index is -4.94. The van der Waals surface area contributed by atoms with Gasteiger partial charge < -0.3 is 0 Å². The van der Waals surface area contributed by atoms with E-state index in [4.69, 9.17) is 18.6 Å². The monoisotopic (exact) mass is 406 g/mol. The van der Waals surface area contributed by atoms with E-state index in [1.54, 1.807) is 0 Å². The summed E-state index contributed by atoms with van der Waals surface area (Å²) in [6.45, 7) is 0. The molecule has 122 valence electrons. The average molecular weight is 407 g/mol. The zero-order valence-electron chi connectivity index (χ0n) is 11.8. The third-order valence-electron chi connectivity index (χ3n) is 2.56. The molecule has 0 aliphatic carbocycles. The summed E-state index contributed by atoms with van der Waals surface area (Å²) in [5.41, 5.74) is 1.38. The third kappa shape index (κ3) is 6.11. The quantitative estimate of drug-likeness (QED) is 0.515. The van der Waals surface area contributed by atoms with Gasteiger partial charge in [0.2, 0.25) is 0 Å². The van der Waals surface area contributed by atoms with Gasteiger partial charge >= 0.3 is 0 Å². The fourth-order valence-electron chi connectivity index (χ4n) is 1.77. The molecule has 0 aromatic carbocycles. The van der Waals surface area contributed by atoms with Crippen LogP contribution in [0.2, 0.25) is 0 Å². The Hall–Kier alpha value is -0.550. The Balaban J connectivity index is 0.000000338. The van der Waals surface area contributed by atoms with E-state index in [-0.39, 0.29) is 0 Å². The van der Waals surface area contributed by atoms with Crippen LogP contribution in [0.25, 0.3) is 5.57 Å². The highest BCUT2D eigenvalue weighted by Gasteiger charge is 2.21. The number of hydrogen-bond acceptors (Lipinski definition) is 7. The van der Waals surface area contributed by atoms with Gasteiger partial charge in [-0.3, -0.25) is 0 Å². The van der Waals surface area contributed by atoms with Crippen molar-refractivity contribution in [2.75, 3.05) is 6.26 Å². The Labute approximate surface area is 152 Å². The molecule has 0 unspecified atom stereocenters. The highest BCUT2D eigenvalue weighted by atomic mass is 35.7. The molecule has 1 aliphatic rings. The van der Waals surface area contributed by atoms with E-state index in [0.717, 1.165) is 0 Å². The molecular formula is C14H11ClO4S4. The standard InChI is InChI=1S/C14H11S4.ClHO4/c1-15-13-7-6-12(18-13)14(10-4-2-8-16-10)11-5-3-9-17-11;2-1(3,4)5/h2-9H,1H3;(H,2,3,4,5)/q+1;/p-1. The van der Waals surface area contributed by atoms with E-state index in [2.05, 4.69) is 53.4 Å². The molecule has 9 heteroatoms. The van der Waals surface area contributed by atoms with E-state index in [1.165, 1.54) is 24.4 Å². The first-order valence-electron chi connectivity index (χ1n) is 6.09. The Morgan fingerprint density at radius 2 is 1.48 bits per heavy atom. The van der Waals surface area contributed by atoms with E-state index in [1.807, 2.05) is 45.8 Å². The zero-order valence-corrected chi connectivity index (χ0v) is 15.8. The Morgan fingerprint density at radius 1 is 0.957 bits per heavy atom. The normalized spacial score (nSPS) is 15.7. The van der Waals surface area contributed by atoms with Crippen LogP contribution in [-0.4, -0.2) is 10.5 Å². The fraction of sp³-hybridized carbons (Fsp3) is 0.0714. The number of thiophene rings is 2. The molecule has 0 fully saturated rings. The molecule has 1 aliphatic heterocycles. The molecule has 4 nitrogen and oxygen atoms in total. The van der Waals surface area contributed by atoms with Gasteiger partial charge in [0.05, 0.1) is 0 Å². The van der Waals surface area contributed by atoms with Crippen LogP contribution in [-0.2, 0) is 11.4 Å². The summed E-state index contributed by atoms with van der Waals surface area (Å²) < 4.78 is 35.3. The summed E-state index contributed by atoms with van der Waals surface area (Å²) in [5, 5.41) is 4.29. The maximum Gasteiger partial charge on any atom is 0.262 e. The second-order valence-corrected chi connectivity index (χ2v) is 8.87. The maximum atomic E-state index is 8.49. The summed E-state index contributed by atoms with van der Waals surface area (Å²) in [7, 11) is -4.94. The van der Waals surface area contributed by atoms with Crippen molar-refractivity contribution in [1.29, 1.82) is 0 Å². The van der Waals surface area contributed by atoms with Gasteiger partial charge in [0.15, 0.2) is 17.6 Å². The smallest absolute Gasteiger partial charge is 0.222 e. The van der Waals surface area contributed by atoms with Crippen LogP contribution >= 0.6 is 34.4 Å². The van der Waals surface area contributed by atoms with E-state index < -0.39 is 10.2 Å². The molecule has 3 heterocycles. The second kappa shape index (κ2) is 8.52. The van der Waals surface area contributed by atoms with Crippen LogP contribution in [0, 0.1) is 10.2 Å². The molecule has 23 heavy (non-hydrogen) atoms. The van der Waals surface area contributed by atoms with Crippen molar-refractivity contribution in [2.45, 2.75) is 0 Å². The summed E-state index contributed by atoms with van der Waals surface area (Å²) in [6.07, 6.45) is 6.59. The van der Waals surface area contributed by atoms with Crippen molar-refractivity contribution in [3.63, 3.8) is 0 Å². The van der Waals surface area contributed by atoms with Crippen molar-refractivity contribution in [3.8, 4) is 0 Å². The first-order chi connectivity index (χ1) is 10.9. The van der Waals surface area contributed by atoms with Gasteiger partial charge in [-0.25, -0.2) is 18.6 Å². The van der Waals surface area contributed by atoms with Gasteiger partial charge in [-0.05, 0) is 40.7 Å². The molecule has 2 aromatic heterocycles. The van der Waals surface area contributed by atoms with Crippen molar-refractivity contribution < 1.29 is 28.9 Å². The van der Waals surface area contributed by atoms with E-state index in [0.29, 0.717) is 0 Å². The van der Waals surface area contributed by atoms with Crippen molar-refractivity contribution in [2.24, 2.45) is 0 Å². The summed E-state index contributed by atoms with van der Waals surface area (Å²) in [5.74, 6) is 0. The minimum absolute atomic E-state index is 1.35. The second-order valence-electron chi connectivity index (χ2n) is 4.03. The Morgan fingerprint density at radius 3 is 1.83 bits per heavy atom. The molecule has 0 amide bonds. The van der Waals surface area contributed by atoms with Gasteiger partial charge in [0, 0.05) is 26.3 Å². The van der Waals surface area contributed by atoms with Crippen LogP contribution in [0.5, 0.6) is 0 Å². The van der Waals surface area contributed by atoms with Gasteiger partial charge in [-0.15, -0.1) is 32.9 Å². The number of thioether (sulfide) groups is 1. The van der Waals surface area contributed by atoms with E-state index in [9.17, 15) is 0 Å². The average Bonchev–Trinajstić information content (AvgIpc) is 3.21. The summed E-state index contributed by atoms with van der Waals surface area (Å²) in [6, 6.07) is 8.66. The SMILES string of the molecule is C[S+]=C1C=CC(=C(c2cccs2)c2cccs2)S1.[O-][Cl+3]([O-])([O-])[O-]. The lowest BCUT2D eigenvalue weighted by Crippen LogP contribution is -2.68. The van der Waals surface area contributed by atoms with Crippen LogP contribution < -0.4 is 18.6 Å². The topological polar surface area (TPSA) is 92.2 Å². The molecule has 2 aromatic rings. The number of allylic oxidation sites excluding steroid dienone is 1. The van der Waals surface area contributed by atoms with Gasteiger partial charge in [-0.2, -0.15) is 0 Å². The largest absolute Gasteiger partial charge is 0.262 e. The highest BCUT2D eigenvalue weighted by Crippen LogP contribution is 2.40. The number of hydrogen-bond donors (Lipinski definition) is 0. The molecule has 0 saturated carbocycles. The lowest BCUT2D eigenvalue weighted by atomic mass is 10.1. The molecular weight excluding hydrogens is 396 g/mol. The summed E-state index contributed by atoms with van der Waals surface area (Å²) in [4.78, 5) is 4.07. The predicted molar refractivity (Wildman–Crippen MR) is 89.7 cm³/mol. The first kappa shape index (κ1) is 18.8. The third-order valence-corrected chi connectivity index (χ3v) is 6.52. The van der Waals surface area contributed by atoms with Gasteiger partial charge in [-0.1, -0.05) is 12.1 Å². The van der Waals surface area contributed by atoms with Crippen LogP contribution in [0.4, 0.5) is 0 Å². The van der Waals surface area contributed by atoms with Gasteiger partial charge in [0.1, 0.15) is 0 Å². The molecule has 0 radical (unpaired) electrons. The first-order valence-corrected chi connectivity index (χ1v) is 11.1. The molecule has 0 bridgehead atoms. The molecule has 0 atom stereocenters. The predicted octanol–water partition coefficient (Wildman–Crippen LogP) is -0.0417. The lowest BCUT2D eigenvalue weighted by Gasteiger charge is -2.17. The van der Waals surface area contributed by atoms with E-state index >= 15 is 0 Å². The molecule has 0 N–H and O–H groups in total. The van der Waals surface area contributed by atoms with Crippen molar-refractivity contribution in [1.82, 2.24) is 0 Å². The van der Waals surface area contributed by atoms with Gasteiger partial charge in [0.25, 0.3) is 4.20 Å². The van der Waals surface area contributed by atoms with Crippen LogP contribution in [0.15, 0.2) is 52.1 Å². The van der Waals surface area contributed by atoms with Crippen LogP contribution in [0.1, 0.15) is 9.75 Å². The minimum Gasteiger partial charge on any atom is -0.222 e. The maximum absolute atomic E-state index is 8.49. The Kier molecular flexibility index (Phi) is 6.96. The molecule has 3 rings (SSSR count). The number of rotatable bonds is 2. The number of halogens is 1. The fourth-order valence-corrected chi connectivity index (χ4v) is 5.18. The zero-order chi connectivity index (χ0) is 16.9. The van der Waals surface area contributed by atoms with Crippen molar-refractivity contribution in [3.05, 3.63) is 61.8 Å².